The number of hydrogen-bond acceptors (Lipinski definition) is 5. The first-order valence-electron chi connectivity index (χ1n) is 10.6. The van der Waals surface area contributed by atoms with Gasteiger partial charge in [-0.05, 0) is 59.7 Å². The Balaban J connectivity index is 1.69. The summed E-state index contributed by atoms with van der Waals surface area (Å²) in [5, 5.41) is 7.74. The van der Waals surface area contributed by atoms with E-state index in [0.29, 0.717) is 21.4 Å². The summed E-state index contributed by atoms with van der Waals surface area (Å²) in [5.41, 5.74) is 3.01. The van der Waals surface area contributed by atoms with Gasteiger partial charge in [0.05, 0.1) is 23.9 Å². The molecule has 172 valence electrons. The molecule has 0 bridgehead atoms. The maximum absolute atomic E-state index is 13.9. The molecule has 0 spiro atoms. The van der Waals surface area contributed by atoms with Gasteiger partial charge in [-0.15, -0.1) is 0 Å². The number of benzene rings is 3. The Kier molecular flexibility index (Phi) is 6.34. The lowest BCUT2D eigenvalue weighted by atomic mass is 9.84. The molecule has 0 saturated carbocycles. The normalized spacial score (nSPS) is 19.9. The highest BCUT2D eigenvalue weighted by Crippen LogP contribution is 2.39. The van der Waals surface area contributed by atoms with E-state index in [2.05, 4.69) is 15.9 Å². The fourth-order valence-electron chi connectivity index (χ4n) is 4.24. The van der Waals surface area contributed by atoms with Crippen LogP contribution in [-0.2, 0) is 9.53 Å². The summed E-state index contributed by atoms with van der Waals surface area (Å²) >= 11 is 15.9. The molecule has 0 radical (unpaired) electrons. The average molecular weight is 559 g/mol. The van der Waals surface area contributed by atoms with E-state index in [1.54, 1.807) is 23.2 Å². The predicted molar refractivity (Wildman–Crippen MR) is 136 cm³/mol. The highest BCUT2D eigenvalue weighted by Gasteiger charge is 2.48. The highest BCUT2D eigenvalue weighted by molar-refractivity contribution is 9.10. The molecule has 0 aliphatic carbocycles. The van der Waals surface area contributed by atoms with Crippen molar-refractivity contribution in [1.29, 1.82) is 0 Å². The summed E-state index contributed by atoms with van der Waals surface area (Å²) < 4.78 is 5.95. The second kappa shape index (κ2) is 9.41. The number of anilines is 1. The van der Waals surface area contributed by atoms with Crippen molar-refractivity contribution in [2.24, 2.45) is 5.10 Å². The molecule has 6 nitrogen and oxygen atoms in total. The molecule has 0 aromatic heterocycles. The first-order chi connectivity index (χ1) is 16.4. The van der Waals surface area contributed by atoms with Gasteiger partial charge in [-0.3, -0.25) is 9.80 Å². The Morgan fingerprint density at radius 3 is 2.38 bits per heavy atom. The van der Waals surface area contributed by atoms with Crippen LogP contribution in [0.1, 0.15) is 17.0 Å². The number of cyclic esters (lactones) is 1. The van der Waals surface area contributed by atoms with Gasteiger partial charge in [0.15, 0.2) is 0 Å². The molecule has 2 heterocycles. The van der Waals surface area contributed by atoms with Crippen LogP contribution in [0.3, 0.4) is 0 Å². The minimum Gasteiger partial charge on any atom is -0.447 e. The molecule has 5 rings (SSSR count). The van der Waals surface area contributed by atoms with Crippen LogP contribution in [0.25, 0.3) is 0 Å². The fraction of sp³-hybridized carbons (Fsp3) is 0.160. The molecule has 2 aliphatic rings. The monoisotopic (exact) mass is 557 g/mol. The Morgan fingerprint density at radius 1 is 1.00 bits per heavy atom. The zero-order valence-electron chi connectivity index (χ0n) is 17.7. The molecule has 2 aliphatic heterocycles. The molecule has 2 amide bonds. The topological polar surface area (TPSA) is 62.2 Å². The summed E-state index contributed by atoms with van der Waals surface area (Å²) in [7, 11) is 0. The number of imide groups is 1. The van der Waals surface area contributed by atoms with Crippen LogP contribution in [-0.4, -0.2) is 41.8 Å². The van der Waals surface area contributed by atoms with Gasteiger partial charge in [-0.25, -0.2) is 9.69 Å². The Morgan fingerprint density at radius 2 is 1.74 bits per heavy atom. The third-order valence-corrected chi connectivity index (χ3v) is 6.83. The molecule has 0 unspecified atom stereocenters. The number of amides is 2. The van der Waals surface area contributed by atoms with Crippen molar-refractivity contribution in [3.05, 3.63) is 98.4 Å². The zero-order valence-corrected chi connectivity index (χ0v) is 20.8. The van der Waals surface area contributed by atoms with Gasteiger partial charge in [-0.1, -0.05) is 63.4 Å². The molecule has 0 N–H and O–H groups in total. The standard InChI is InChI=1S/C25H18BrCl2N3O3/c26-17-6-10-20(11-7-17)31-23(24(32)30-12-13-34-25(30)33)21(15-4-8-18(27)9-5-15)22(29-31)16-2-1-3-19(28)14-16/h1-11,14,21,23H,12-13H2/t21-,23-/m1/s1. The highest BCUT2D eigenvalue weighted by atomic mass is 79.9. The Labute approximate surface area is 214 Å². The SMILES string of the molecule is O=C1OCCN1C(=O)[C@H]1[C@H](c2ccc(Cl)cc2)C(c2cccc(Cl)c2)=NN1c1ccc(Br)cc1. The van der Waals surface area contributed by atoms with Gasteiger partial charge in [0.1, 0.15) is 12.6 Å². The zero-order chi connectivity index (χ0) is 23.8. The van der Waals surface area contributed by atoms with E-state index in [0.717, 1.165) is 20.5 Å². The molecular weight excluding hydrogens is 541 g/mol. The van der Waals surface area contributed by atoms with Crippen LogP contribution in [0.4, 0.5) is 10.5 Å². The maximum Gasteiger partial charge on any atom is 0.416 e. The lowest BCUT2D eigenvalue weighted by Crippen LogP contribution is -2.48. The number of carbonyl (C=O) groups is 2. The van der Waals surface area contributed by atoms with Crippen molar-refractivity contribution in [1.82, 2.24) is 4.90 Å². The Bertz CT molecular complexity index is 1280. The van der Waals surface area contributed by atoms with Crippen LogP contribution in [0.2, 0.25) is 10.0 Å². The summed E-state index contributed by atoms with van der Waals surface area (Å²) in [6.45, 7) is 0.366. The second-order valence-corrected chi connectivity index (χ2v) is 9.68. The van der Waals surface area contributed by atoms with E-state index >= 15 is 0 Å². The van der Waals surface area contributed by atoms with Gasteiger partial charge in [0.25, 0.3) is 5.91 Å². The summed E-state index contributed by atoms with van der Waals surface area (Å²) in [6, 6.07) is 21.3. The van der Waals surface area contributed by atoms with Crippen molar-refractivity contribution in [2.75, 3.05) is 18.2 Å². The molecule has 34 heavy (non-hydrogen) atoms. The van der Waals surface area contributed by atoms with Crippen molar-refractivity contribution in [3.8, 4) is 0 Å². The van der Waals surface area contributed by atoms with Crippen molar-refractivity contribution in [2.45, 2.75) is 12.0 Å². The van der Waals surface area contributed by atoms with Crippen LogP contribution in [0.5, 0.6) is 0 Å². The first kappa shape index (κ1) is 22.9. The summed E-state index contributed by atoms with van der Waals surface area (Å²) in [5.74, 6) is -0.869. The Hall–Kier alpha value is -2.87. The smallest absolute Gasteiger partial charge is 0.416 e. The van der Waals surface area contributed by atoms with E-state index in [9.17, 15) is 9.59 Å². The van der Waals surface area contributed by atoms with Gasteiger partial charge in [0.2, 0.25) is 0 Å². The molecule has 2 atom stereocenters. The van der Waals surface area contributed by atoms with E-state index in [1.165, 1.54) is 0 Å². The van der Waals surface area contributed by atoms with Crippen LogP contribution >= 0.6 is 39.1 Å². The van der Waals surface area contributed by atoms with Gasteiger partial charge in [0, 0.05) is 14.5 Å². The van der Waals surface area contributed by atoms with Crippen LogP contribution < -0.4 is 5.01 Å². The number of ether oxygens (including phenoxy) is 1. The molecule has 1 saturated heterocycles. The second-order valence-electron chi connectivity index (χ2n) is 7.89. The third kappa shape index (κ3) is 4.31. The van der Waals surface area contributed by atoms with E-state index < -0.39 is 18.1 Å². The number of rotatable bonds is 4. The van der Waals surface area contributed by atoms with Gasteiger partial charge in [-0.2, -0.15) is 5.10 Å². The maximum atomic E-state index is 13.9. The largest absolute Gasteiger partial charge is 0.447 e. The molecule has 3 aromatic carbocycles. The number of halogens is 3. The van der Waals surface area contributed by atoms with Crippen LogP contribution in [0.15, 0.2) is 82.4 Å². The van der Waals surface area contributed by atoms with E-state index in [-0.39, 0.29) is 19.1 Å². The lowest BCUT2D eigenvalue weighted by molar-refractivity contribution is -0.129. The minimum atomic E-state index is -0.818. The summed E-state index contributed by atoms with van der Waals surface area (Å²) in [6.07, 6.45) is -0.646. The summed E-state index contributed by atoms with van der Waals surface area (Å²) in [4.78, 5) is 27.3. The molecule has 9 heteroatoms. The first-order valence-corrected chi connectivity index (χ1v) is 12.1. The van der Waals surface area contributed by atoms with E-state index in [1.807, 2.05) is 54.6 Å². The van der Waals surface area contributed by atoms with E-state index in [4.69, 9.17) is 33.0 Å². The lowest BCUT2D eigenvalue weighted by Gasteiger charge is -2.29. The average Bonchev–Trinajstić information content (AvgIpc) is 3.44. The molecule has 3 aromatic rings. The third-order valence-electron chi connectivity index (χ3n) is 5.81. The number of nitrogens with zero attached hydrogens (tertiary/aromatic N) is 3. The molecular formula is C25H18BrCl2N3O3. The fourth-order valence-corrected chi connectivity index (χ4v) is 4.82. The number of hydrazone groups is 1. The quantitative estimate of drug-likeness (QED) is 0.387. The van der Waals surface area contributed by atoms with Crippen LogP contribution in [0, 0.1) is 0 Å². The van der Waals surface area contributed by atoms with Gasteiger partial charge < -0.3 is 4.74 Å². The molecule has 1 fully saturated rings. The number of carbonyl (C=O) groups excluding carboxylic acids is 2. The van der Waals surface area contributed by atoms with Gasteiger partial charge >= 0.3 is 6.09 Å². The van der Waals surface area contributed by atoms with Crippen molar-refractivity contribution in [3.63, 3.8) is 0 Å². The van der Waals surface area contributed by atoms with Crippen molar-refractivity contribution >= 4 is 62.5 Å². The van der Waals surface area contributed by atoms with Crippen molar-refractivity contribution < 1.29 is 14.3 Å². The number of hydrogen-bond donors (Lipinski definition) is 0. The predicted octanol–water partition coefficient (Wildman–Crippen LogP) is 6.11. The minimum absolute atomic E-state index is 0.170.